The Hall–Kier alpha value is -2.66. The number of nitrogens with one attached hydrogen (secondary N) is 1. The second-order valence-corrected chi connectivity index (χ2v) is 7.47. The number of benzene rings is 1. The number of rotatable bonds is 8. The second-order valence-electron chi connectivity index (χ2n) is 6.47. The first-order valence-corrected chi connectivity index (χ1v) is 9.94. The van der Waals surface area contributed by atoms with Gasteiger partial charge in [0.15, 0.2) is 11.5 Å². The van der Waals surface area contributed by atoms with Crippen LogP contribution < -0.4 is 14.8 Å². The number of ether oxygens (including phenoxy) is 3. The molecule has 1 unspecified atom stereocenters. The maximum Gasteiger partial charge on any atom is 0.387 e. The van der Waals surface area contributed by atoms with E-state index in [9.17, 15) is 23.2 Å². The Kier molecular flexibility index (Phi) is 7.27. The van der Waals surface area contributed by atoms with E-state index in [1.807, 2.05) is 0 Å². The Balaban J connectivity index is 1.62. The second kappa shape index (κ2) is 9.90. The van der Waals surface area contributed by atoms with Gasteiger partial charge in [0, 0.05) is 19.7 Å². The minimum Gasteiger partial charge on any atom is -0.493 e. The van der Waals surface area contributed by atoms with Crippen LogP contribution >= 0.6 is 11.8 Å². The van der Waals surface area contributed by atoms with Crippen molar-refractivity contribution >= 4 is 34.9 Å². The van der Waals surface area contributed by atoms with Gasteiger partial charge in [-0.3, -0.25) is 19.3 Å². The molecule has 0 saturated carbocycles. The largest absolute Gasteiger partial charge is 0.493 e. The fourth-order valence-corrected chi connectivity index (χ4v) is 3.85. The molecule has 30 heavy (non-hydrogen) atoms. The van der Waals surface area contributed by atoms with Crippen LogP contribution in [0.25, 0.3) is 6.08 Å². The van der Waals surface area contributed by atoms with Gasteiger partial charge in [-0.1, -0.05) is 6.07 Å². The summed E-state index contributed by atoms with van der Waals surface area (Å²) in [7, 11) is 1.30. The van der Waals surface area contributed by atoms with Gasteiger partial charge in [-0.05, 0) is 42.0 Å². The van der Waals surface area contributed by atoms with Gasteiger partial charge >= 0.3 is 6.61 Å². The topological polar surface area (TPSA) is 94.2 Å². The van der Waals surface area contributed by atoms with Gasteiger partial charge in [-0.15, -0.1) is 0 Å². The number of hydrogen-bond acceptors (Lipinski definition) is 7. The Bertz CT molecular complexity index is 857. The molecule has 1 atom stereocenters. The summed E-state index contributed by atoms with van der Waals surface area (Å²) in [6.07, 6.45) is 2.12. The summed E-state index contributed by atoms with van der Waals surface area (Å²) in [6, 6.07) is 4.19. The first-order valence-electron chi connectivity index (χ1n) is 9.12. The van der Waals surface area contributed by atoms with Crippen molar-refractivity contribution in [2.75, 3.05) is 33.4 Å². The smallest absolute Gasteiger partial charge is 0.387 e. The summed E-state index contributed by atoms with van der Waals surface area (Å²) in [4.78, 5) is 37.9. The number of imide groups is 1. The molecule has 2 saturated heterocycles. The lowest BCUT2D eigenvalue weighted by molar-refractivity contribution is -0.126. The lowest BCUT2D eigenvalue weighted by atomic mass is 10.1. The molecule has 0 spiro atoms. The average Bonchev–Trinajstić information content (AvgIpc) is 3.33. The van der Waals surface area contributed by atoms with Crippen LogP contribution in [0.3, 0.4) is 0 Å². The summed E-state index contributed by atoms with van der Waals surface area (Å²) in [6.45, 7) is -1.88. The van der Waals surface area contributed by atoms with Gasteiger partial charge in [-0.2, -0.15) is 8.78 Å². The van der Waals surface area contributed by atoms with E-state index < -0.39 is 17.8 Å². The third-order valence-corrected chi connectivity index (χ3v) is 5.42. The Morgan fingerprint density at radius 2 is 2.20 bits per heavy atom. The number of carbonyl (C=O) groups is 3. The average molecular weight is 442 g/mol. The number of carbonyl (C=O) groups excluding carboxylic acids is 3. The SMILES string of the molecule is COc1cc(/C=C2\SC(=O)N(CCNC(=O)C3CCOC3)C2=O)ccc1OC(F)F. The molecule has 2 heterocycles. The van der Waals surface area contributed by atoms with E-state index in [1.54, 1.807) is 0 Å². The molecule has 162 valence electrons. The number of methoxy groups -OCH3 is 1. The molecule has 2 aliphatic heterocycles. The highest BCUT2D eigenvalue weighted by Crippen LogP contribution is 2.34. The van der Waals surface area contributed by atoms with Crippen molar-refractivity contribution in [2.24, 2.45) is 5.92 Å². The number of nitrogens with zero attached hydrogens (tertiary/aromatic N) is 1. The van der Waals surface area contributed by atoms with E-state index in [2.05, 4.69) is 10.1 Å². The minimum absolute atomic E-state index is 0.0474. The number of alkyl halides is 2. The van der Waals surface area contributed by atoms with Crippen LogP contribution in [0.1, 0.15) is 12.0 Å². The fourth-order valence-electron chi connectivity index (χ4n) is 2.99. The highest BCUT2D eigenvalue weighted by molar-refractivity contribution is 8.18. The van der Waals surface area contributed by atoms with Crippen molar-refractivity contribution in [1.29, 1.82) is 0 Å². The first-order chi connectivity index (χ1) is 14.4. The quantitative estimate of drug-likeness (QED) is 0.618. The number of thioether (sulfide) groups is 1. The van der Waals surface area contributed by atoms with E-state index in [0.29, 0.717) is 25.2 Å². The van der Waals surface area contributed by atoms with Crippen molar-refractivity contribution in [3.05, 3.63) is 28.7 Å². The maximum absolute atomic E-state index is 12.5. The first kappa shape index (κ1) is 22.0. The zero-order valence-corrected chi connectivity index (χ0v) is 16.9. The van der Waals surface area contributed by atoms with Gasteiger partial charge in [0.2, 0.25) is 5.91 Å². The van der Waals surface area contributed by atoms with Gasteiger partial charge in [0.1, 0.15) is 0 Å². The molecule has 0 aromatic heterocycles. The molecule has 0 bridgehead atoms. The number of halogens is 2. The monoisotopic (exact) mass is 442 g/mol. The van der Waals surface area contributed by atoms with E-state index in [0.717, 1.165) is 16.7 Å². The summed E-state index contributed by atoms with van der Waals surface area (Å²) >= 11 is 0.763. The van der Waals surface area contributed by atoms with Crippen molar-refractivity contribution in [2.45, 2.75) is 13.0 Å². The molecule has 1 aromatic carbocycles. The molecule has 2 fully saturated rings. The van der Waals surface area contributed by atoms with Crippen LogP contribution in [0.15, 0.2) is 23.1 Å². The minimum atomic E-state index is -3.00. The van der Waals surface area contributed by atoms with E-state index in [1.165, 1.54) is 31.4 Å². The Labute approximate surface area is 175 Å². The predicted octanol–water partition coefficient (Wildman–Crippen LogP) is 2.49. The predicted molar refractivity (Wildman–Crippen MR) is 104 cm³/mol. The van der Waals surface area contributed by atoms with Crippen LogP contribution in [0.5, 0.6) is 11.5 Å². The van der Waals surface area contributed by atoms with Crippen LogP contribution in [0.2, 0.25) is 0 Å². The fraction of sp³-hybridized carbons (Fsp3) is 0.421. The van der Waals surface area contributed by atoms with Crippen LogP contribution in [0.4, 0.5) is 13.6 Å². The maximum atomic E-state index is 12.5. The van der Waals surface area contributed by atoms with Crippen molar-refractivity contribution in [3.8, 4) is 11.5 Å². The molecule has 0 aliphatic carbocycles. The zero-order valence-electron chi connectivity index (χ0n) is 16.1. The Morgan fingerprint density at radius 1 is 1.40 bits per heavy atom. The summed E-state index contributed by atoms with van der Waals surface area (Å²) in [5.74, 6) is -0.918. The number of amides is 3. The molecule has 11 heteroatoms. The van der Waals surface area contributed by atoms with Gasteiger partial charge in [0.05, 0.1) is 24.5 Å². The molecule has 8 nitrogen and oxygen atoms in total. The summed E-state index contributed by atoms with van der Waals surface area (Å²) < 4.78 is 39.4. The summed E-state index contributed by atoms with van der Waals surface area (Å²) in [5.41, 5.74) is 0.480. The van der Waals surface area contributed by atoms with Crippen molar-refractivity contribution in [1.82, 2.24) is 10.2 Å². The third kappa shape index (κ3) is 5.28. The highest BCUT2D eigenvalue weighted by Gasteiger charge is 2.35. The lowest BCUT2D eigenvalue weighted by Crippen LogP contribution is -2.39. The molecular formula is C19H20F2N2O6S. The van der Waals surface area contributed by atoms with Gasteiger partial charge in [0.25, 0.3) is 11.1 Å². The van der Waals surface area contributed by atoms with Crippen LogP contribution in [0, 0.1) is 5.92 Å². The molecule has 1 aromatic rings. The molecule has 2 aliphatic rings. The molecule has 3 rings (SSSR count). The van der Waals surface area contributed by atoms with Gasteiger partial charge < -0.3 is 19.5 Å². The van der Waals surface area contributed by atoms with E-state index in [4.69, 9.17) is 9.47 Å². The third-order valence-electron chi connectivity index (χ3n) is 4.51. The molecule has 0 radical (unpaired) electrons. The van der Waals surface area contributed by atoms with Crippen LogP contribution in [-0.4, -0.2) is 62.0 Å². The molecular weight excluding hydrogens is 422 g/mol. The zero-order chi connectivity index (χ0) is 21.7. The van der Waals surface area contributed by atoms with Gasteiger partial charge in [-0.25, -0.2) is 0 Å². The normalized spacial score (nSPS) is 20.3. The van der Waals surface area contributed by atoms with Crippen molar-refractivity contribution in [3.63, 3.8) is 0 Å². The molecule has 3 amide bonds. The van der Waals surface area contributed by atoms with Crippen LogP contribution in [-0.2, 0) is 14.3 Å². The summed E-state index contributed by atoms with van der Waals surface area (Å²) in [5, 5.41) is 2.26. The van der Waals surface area contributed by atoms with E-state index >= 15 is 0 Å². The highest BCUT2D eigenvalue weighted by atomic mass is 32.2. The standard InChI is InChI=1S/C19H20F2N2O6S/c1-27-14-8-11(2-3-13(14)29-18(20)21)9-15-17(25)23(19(26)30-15)6-5-22-16(24)12-4-7-28-10-12/h2-3,8-9,12,18H,4-7,10H2,1H3,(H,22,24)/b15-9-. The molecule has 1 N–H and O–H groups in total. The van der Waals surface area contributed by atoms with Crippen molar-refractivity contribution < 1.29 is 37.4 Å². The number of hydrogen-bond donors (Lipinski definition) is 1. The lowest BCUT2D eigenvalue weighted by Gasteiger charge is -2.14. The Morgan fingerprint density at radius 3 is 2.87 bits per heavy atom. The van der Waals surface area contributed by atoms with E-state index in [-0.39, 0.29) is 41.3 Å².